The van der Waals surface area contributed by atoms with Gasteiger partial charge in [-0.25, -0.2) is 0 Å². The van der Waals surface area contributed by atoms with Gasteiger partial charge in [0.15, 0.2) is 0 Å². The second-order valence-electron chi connectivity index (χ2n) is 8.72. The summed E-state index contributed by atoms with van der Waals surface area (Å²) in [5, 5.41) is 18.4. The first-order valence-electron chi connectivity index (χ1n) is 13.2. The topological polar surface area (TPSA) is 57.5 Å². The van der Waals surface area contributed by atoms with Gasteiger partial charge in [-0.2, -0.15) is 0 Å². The molecule has 3 nitrogen and oxygen atoms in total. The van der Waals surface area contributed by atoms with Crippen molar-refractivity contribution in [3.05, 3.63) is 0 Å². The van der Waals surface area contributed by atoms with Crippen LogP contribution in [0.2, 0.25) is 8.87 Å². The summed E-state index contributed by atoms with van der Waals surface area (Å²) in [5.41, 5.74) is 0. The number of aliphatic carboxylic acids is 1. The minimum absolute atomic E-state index is 0.0853. The first-order chi connectivity index (χ1) is 14.6. The van der Waals surface area contributed by atoms with Crippen LogP contribution in [0.1, 0.15) is 143 Å². The molecule has 180 valence electrons. The van der Waals surface area contributed by atoms with Gasteiger partial charge < -0.3 is 10.2 Å². The molecule has 0 aromatic heterocycles. The van der Waals surface area contributed by atoms with Crippen LogP contribution in [0.3, 0.4) is 0 Å². The van der Waals surface area contributed by atoms with Crippen LogP contribution in [0.5, 0.6) is 0 Å². The molecule has 0 rings (SSSR count). The molecule has 0 saturated carbocycles. The Labute approximate surface area is 199 Å². The zero-order valence-corrected chi connectivity index (χ0v) is 23.6. The van der Waals surface area contributed by atoms with E-state index >= 15 is 0 Å². The molecule has 0 saturated heterocycles. The van der Waals surface area contributed by atoms with Crippen LogP contribution in [0.15, 0.2) is 0 Å². The SMILES string of the molecule is CCCCCC[C@@H](O)CCCCCCCCCCC(=O)O.CCC[CH2][Sn][CH2]CCC. The number of rotatable bonds is 22. The van der Waals surface area contributed by atoms with Gasteiger partial charge in [-0.3, -0.25) is 4.79 Å². The summed E-state index contributed by atoms with van der Waals surface area (Å²) in [5.74, 6) is -0.678. The Morgan fingerprint density at radius 2 is 1.03 bits per heavy atom. The summed E-state index contributed by atoms with van der Waals surface area (Å²) in [6.45, 7) is 6.79. The first kappa shape index (κ1) is 32.4. The molecule has 0 aliphatic carbocycles. The molecule has 0 aliphatic heterocycles. The Bertz CT molecular complexity index is 317. The second kappa shape index (κ2) is 29.2. The van der Waals surface area contributed by atoms with E-state index in [4.69, 9.17) is 5.11 Å². The summed E-state index contributed by atoms with van der Waals surface area (Å²) in [6, 6.07) is 0. The number of unbranched alkanes of at least 4 members (excludes halogenated alkanes) is 12. The van der Waals surface area contributed by atoms with Crippen LogP contribution in [-0.4, -0.2) is 43.4 Å². The van der Waals surface area contributed by atoms with Crippen LogP contribution in [0.25, 0.3) is 0 Å². The average molecular weight is 533 g/mol. The summed E-state index contributed by atoms with van der Waals surface area (Å²) < 4.78 is 3.25. The van der Waals surface area contributed by atoms with Crippen molar-refractivity contribution in [3.8, 4) is 0 Å². The van der Waals surface area contributed by atoms with Gasteiger partial charge in [-0.15, -0.1) is 0 Å². The standard InChI is InChI=1S/C18H36O3.2C4H9.Sn/c1-2-3-4-11-14-17(19)15-12-9-7-5-6-8-10-13-16-18(20)21;2*1-3-4-2;/h17,19H,2-16H2,1H3,(H,20,21);2*1,3-4H2,2H3;/t17-;;;/m1.../s1. The van der Waals surface area contributed by atoms with Crippen molar-refractivity contribution in [2.45, 2.75) is 158 Å². The van der Waals surface area contributed by atoms with E-state index in [9.17, 15) is 9.90 Å². The number of aliphatic hydroxyl groups excluding tert-OH is 1. The summed E-state index contributed by atoms with van der Waals surface area (Å²) in [6.07, 6.45) is 22.1. The van der Waals surface area contributed by atoms with Gasteiger partial charge in [-0.1, -0.05) is 77.6 Å². The van der Waals surface area contributed by atoms with E-state index in [1.807, 2.05) is 0 Å². The monoisotopic (exact) mass is 534 g/mol. The van der Waals surface area contributed by atoms with Crippen molar-refractivity contribution < 1.29 is 15.0 Å². The van der Waals surface area contributed by atoms with Gasteiger partial charge in [0.05, 0.1) is 6.10 Å². The van der Waals surface area contributed by atoms with Crippen LogP contribution in [-0.2, 0) is 4.79 Å². The quantitative estimate of drug-likeness (QED) is 0.109. The van der Waals surface area contributed by atoms with E-state index in [0.717, 1.165) is 38.5 Å². The number of aliphatic hydroxyl groups is 1. The number of hydrogen-bond donors (Lipinski definition) is 2. The third-order valence-electron chi connectivity index (χ3n) is 5.48. The van der Waals surface area contributed by atoms with Crippen molar-refractivity contribution >= 4 is 27.1 Å². The van der Waals surface area contributed by atoms with E-state index in [2.05, 4.69) is 20.8 Å². The molecule has 0 fully saturated rings. The average Bonchev–Trinajstić information content (AvgIpc) is 2.73. The van der Waals surface area contributed by atoms with E-state index in [1.165, 1.54) is 77.0 Å². The minimum atomic E-state index is -0.678. The third kappa shape index (κ3) is 32.9. The fourth-order valence-electron chi connectivity index (χ4n) is 3.40. The van der Waals surface area contributed by atoms with Crippen molar-refractivity contribution in [2.24, 2.45) is 0 Å². The second-order valence-corrected chi connectivity index (χ2v) is 13.0. The number of carboxylic acid groups (broad SMARTS) is 1. The molecule has 0 heterocycles. The van der Waals surface area contributed by atoms with Crippen LogP contribution in [0.4, 0.5) is 0 Å². The molecule has 2 radical (unpaired) electrons. The molecule has 0 aromatic carbocycles. The molecule has 0 unspecified atom stereocenters. The van der Waals surface area contributed by atoms with Gasteiger partial charge in [-0.05, 0) is 19.3 Å². The molecule has 0 bridgehead atoms. The van der Waals surface area contributed by atoms with E-state index < -0.39 is 5.97 Å². The van der Waals surface area contributed by atoms with Gasteiger partial charge in [0.2, 0.25) is 0 Å². The van der Waals surface area contributed by atoms with Gasteiger partial charge in [0, 0.05) is 6.42 Å². The Hall–Kier alpha value is 0.229. The van der Waals surface area contributed by atoms with Crippen LogP contribution in [0, 0.1) is 0 Å². The molecule has 30 heavy (non-hydrogen) atoms. The van der Waals surface area contributed by atoms with Gasteiger partial charge in [0.25, 0.3) is 0 Å². The zero-order chi connectivity index (χ0) is 22.7. The van der Waals surface area contributed by atoms with Crippen molar-refractivity contribution in [2.75, 3.05) is 0 Å². The molecule has 1 atom stereocenters. The zero-order valence-electron chi connectivity index (χ0n) is 20.7. The summed E-state index contributed by atoms with van der Waals surface area (Å²) in [7, 11) is 0. The third-order valence-corrected chi connectivity index (χ3v) is 9.52. The van der Waals surface area contributed by atoms with Crippen molar-refractivity contribution in [3.63, 3.8) is 0 Å². The molecule has 0 aliphatic rings. The van der Waals surface area contributed by atoms with Crippen LogP contribution >= 0.6 is 0 Å². The Morgan fingerprint density at radius 3 is 1.47 bits per heavy atom. The summed E-state index contributed by atoms with van der Waals surface area (Å²) >= 11 is 0.149. The number of carbonyl (C=O) groups is 1. The predicted octanol–water partition coefficient (Wildman–Crippen LogP) is 8.43. The van der Waals surface area contributed by atoms with Crippen LogP contribution < -0.4 is 0 Å². The Kier molecular flexibility index (Phi) is 31.6. The molecular weight excluding hydrogens is 479 g/mol. The van der Waals surface area contributed by atoms with Crippen molar-refractivity contribution in [1.29, 1.82) is 0 Å². The maximum absolute atomic E-state index is 10.3. The Balaban J connectivity index is 0. The molecule has 0 amide bonds. The van der Waals surface area contributed by atoms with E-state index in [-0.39, 0.29) is 27.2 Å². The molecule has 0 spiro atoms. The molecule has 4 heteroatoms. The normalized spacial score (nSPS) is 11.7. The van der Waals surface area contributed by atoms with E-state index in [0.29, 0.717) is 6.42 Å². The van der Waals surface area contributed by atoms with Crippen molar-refractivity contribution in [1.82, 2.24) is 0 Å². The fourth-order valence-corrected chi connectivity index (χ4v) is 7.56. The molecule has 0 aromatic rings. The van der Waals surface area contributed by atoms with Gasteiger partial charge >= 0.3 is 75.5 Å². The van der Waals surface area contributed by atoms with E-state index in [1.54, 1.807) is 8.87 Å². The molecule has 2 N–H and O–H groups in total. The predicted molar refractivity (Wildman–Crippen MR) is 134 cm³/mol. The maximum atomic E-state index is 10.3. The van der Waals surface area contributed by atoms with Gasteiger partial charge in [0.1, 0.15) is 0 Å². The summed E-state index contributed by atoms with van der Waals surface area (Å²) in [4.78, 5) is 10.3. The Morgan fingerprint density at radius 1 is 0.633 bits per heavy atom. The first-order valence-corrected chi connectivity index (χ1v) is 17.2. The molecular formula is C26H54O3Sn. The fraction of sp³-hybridized carbons (Fsp3) is 0.962. The number of hydrogen-bond acceptors (Lipinski definition) is 2. The number of carboxylic acids is 1.